The second kappa shape index (κ2) is 13.8. The van der Waals surface area contributed by atoms with Crippen LogP contribution in [0.4, 0.5) is 8.78 Å². The molecule has 0 bridgehead atoms. The van der Waals surface area contributed by atoms with E-state index in [1.165, 1.54) is 29.2 Å². The number of halogens is 2. The maximum Gasteiger partial charge on any atom is 0.262 e. The quantitative estimate of drug-likeness (QED) is 0.126. The summed E-state index contributed by atoms with van der Waals surface area (Å²) >= 11 is 0. The normalized spacial score (nSPS) is 14.8. The van der Waals surface area contributed by atoms with Crippen LogP contribution in [-0.2, 0) is 0 Å². The number of imide groups is 2. The first kappa shape index (κ1) is 34.7. The molecule has 0 unspecified atom stereocenters. The number of carbonyl (C=O) groups excluding carboxylic acids is 5. The SMILES string of the molecule is C/C=C\c1nc2cc(F)ccc2cc1[C@H](C)N1C(=O)c2ccccc2C1=O.C[C@@H](c1cc2ccc(F)cc2nc1C=O)N1C(=O)c2ccccc2C1=O. The third kappa shape index (κ3) is 6.05. The predicted molar refractivity (Wildman–Crippen MR) is 194 cm³/mol. The molecule has 6 aromatic rings. The maximum absolute atomic E-state index is 13.6. The monoisotopic (exact) mass is 708 g/mol. The van der Waals surface area contributed by atoms with Crippen molar-refractivity contribution in [3.63, 3.8) is 0 Å². The Morgan fingerprint density at radius 3 is 1.32 bits per heavy atom. The van der Waals surface area contributed by atoms with Crippen molar-refractivity contribution in [3.05, 3.63) is 160 Å². The van der Waals surface area contributed by atoms with Crippen molar-refractivity contribution in [1.82, 2.24) is 19.8 Å². The van der Waals surface area contributed by atoms with Gasteiger partial charge in [0.25, 0.3) is 23.6 Å². The minimum Gasteiger partial charge on any atom is -0.296 e. The van der Waals surface area contributed by atoms with Crippen LogP contribution >= 0.6 is 0 Å². The molecule has 0 spiro atoms. The molecule has 2 aliphatic rings. The van der Waals surface area contributed by atoms with Crippen LogP contribution < -0.4 is 0 Å². The smallest absolute Gasteiger partial charge is 0.262 e. The van der Waals surface area contributed by atoms with Crippen LogP contribution in [0, 0.1) is 11.6 Å². The Bertz CT molecular complexity index is 2500. The zero-order chi connectivity index (χ0) is 37.6. The van der Waals surface area contributed by atoms with Gasteiger partial charge in [-0.15, -0.1) is 0 Å². The molecule has 2 aromatic heterocycles. The van der Waals surface area contributed by atoms with Gasteiger partial charge < -0.3 is 0 Å². The second-order valence-corrected chi connectivity index (χ2v) is 12.6. The summed E-state index contributed by atoms with van der Waals surface area (Å²) in [4.78, 5) is 73.6. The van der Waals surface area contributed by atoms with Gasteiger partial charge in [-0.1, -0.05) is 30.3 Å². The fourth-order valence-corrected chi connectivity index (χ4v) is 6.80. The lowest BCUT2D eigenvalue weighted by atomic mass is 10.0. The summed E-state index contributed by atoms with van der Waals surface area (Å²) < 4.78 is 27.0. The summed E-state index contributed by atoms with van der Waals surface area (Å²) in [5.74, 6) is -2.25. The number of nitrogens with zero attached hydrogens (tertiary/aromatic N) is 4. The third-order valence-electron chi connectivity index (χ3n) is 9.44. The predicted octanol–water partition coefficient (Wildman–Crippen LogP) is 8.31. The molecule has 0 radical (unpaired) electrons. The summed E-state index contributed by atoms with van der Waals surface area (Å²) in [5.41, 5.74) is 4.24. The average Bonchev–Trinajstić information content (AvgIpc) is 3.57. The molecular weight excluding hydrogens is 678 g/mol. The van der Waals surface area contributed by atoms with E-state index in [-0.39, 0.29) is 23.3 Å². The van der Waals surface area contributed by atoms with Gasteiger partial charge in [-0.3, -0.25) is 33.8 Å². The van der Waals surface area contributed by atoms with Crippen LogP contribution in [0.15, 0.2) is 103 Å². The average molecular weight is 709 g/mol. The molecule has 0 aliphatic carbocycles. The van der Waals surface area contributed by atoms with Gasteiger partial charge in [-0.25, -0.2) is 18.7 Å². The van der Waals surface area contributed by atoms with E-state index in [0.29, 0.717) is 56.2 Å². The second-order valence-electron chi connectivity index (χ2n) is 12.6. The van der Waals surface area contributed by atoms with Crippen LogP contribution in [-0.4, -0.2) is 49.7 Å². The fraction of sp³-hybridized carbons (Fsp3) is 0.119. The van der Waals surface area contributed by atoms with Gasteiger partial charge in [0.05, 0.1) is 51.1 Å². The number of pyridine rings is 2. The van der Waals surface area contributed by atoms with Crippen molar-refractivity contribution in [3.8, 4) is 0 Å². The topological polar surface area (TPSA) is 118 Å². The van der Waals surface area contributed by atoms with Crippen LogP contribution in [0.25, 0.3) is 27.9 Å². The largest absolute Gasteiger partial charge is 0.296 e. The highest BCUT2D eigenvalue weighted by Crippen LogP contribution is 2.35. The number of hydrogen-bond donors (Lipinski definition) is 0. The number of rotatable bonds is 6. The fourth-order valence-electron chi connectivity index (χ4n) is 6.80. The minimum atomic E-state index is -0.690. The van der Waals surface area contributed by atoms with Gasteiger partial charge >= 0.3 is 0 Å². The van der Waals surface area contributed by atoms with Crippen molar-refractivity contribution in [2.45, 2.75) is 32.9 Å². The molecule has 0 saturated carbocycles. The summed E-state index contributed by atoms with van der Waals surface area (Å²) in [7, 11) is 0. The van der Waals surface area contributed by atoms with Crippen molar-refractivity contribution in [2.75, 3.05) is 0 Å². The van der Waals surface area contributed by atoms with E-state index in [1.807, 2.05) is 19.1 Å². The molecule has 11 heteroatoms. The van der Waals surface area contributed by atoms with Gasteiger partial charge in [0.15, 0.2) is 6.29 Å². The highest BCUT2D eigenvalue weighted by Gasteiger charge is 2.40. The molecule has 53 heavy (non-hydrogen) atoms. The number of amides is 4. The van der Waals surface area contributed by atoms with Crippen LogP contribution in [0.2, 0.25) is 0 Å². The Morgan fingerprint density at radius 1 is 0.566 bits per heavy atom. The van der Waals surface area contributed by atoms with Crippen molar-refractivity contribution in [1.29, 1.82) is 0 Å². The molecule has 0 fully saturated rings. The molecule has 2 aliphatic heterocycles. The van der Waals surface area contributed by atoms with E-state index in [4.69, 9.17) is 0 Å². The standard InChI is InChI=1S/C22H17FN2O2.C20H13FN2O3/c1-3-6-19-18(11-14-9-10-15(23)12-20(14)24-19)13(2)25-21(26)16-7-4-5-8-17(16)22(25)27;1-11(23-19(25)14-4-2-3-5-15(14)20(23)26)16-8-12-6-7-13(21)9-17(12)22-18(16)10-24/h3-13H,1-2H3;2-11H,1H3/b6-3-;/t13-;11-/m00/s1. The maximum atomic E-state index is 13.6. The third-order valence-corrected chi connectivity index (χ3v) is 9.44. The van der Waals surface area contributed by atoms with E-state index < -0.39 is 29.7 Å². The number of fused-ring (bicyclic) bond motifs is 4. The molecule has 8 rings (SSSR count). The highest BCUT2D eigenvalue weighted by atomic mass is 19.1. The lowest BCUT2D eigenvalue weighted by Crippen LogP contribution is -2.33. The van der Waals surface area contributed by atoms with Gasteiger partial charge in [0.1, 0.15) is 17.3 Å². The first-order valence-corrected chi connectivity index (χ1v) is 16.7. The van der Waals surface area contributed by atoms with Crippen LogP contribution in [0.5, 0.6) is 0 Å². The number of benzene rings is 4. The summed E-state index contributed by atoms with van der Waals surface area (Å²) in [6.07, 6.45) is 4.18. The number of carbonyl (C=O) groups is 5. The van der Waals surface area contributed by atoms with E-state index in [1.54, 1.807) is 86.7 Å². The Labute approximate surface area is 302 Å². The first-order chi connectivity index (χ1) is 25.5. The number of allylic oxidation sites excluding steroid dienone is 1. The Hall–Kier alpha value is -6.75. The molecule has 4 amide bonds. The number of aldehydes is 1. The first-order valence-electron chi connectivity index (χ1n) is 16.7. The van der Waals surface area contributed by atoms with Crippen molar-refractivity contribution >= 4 is 57.8 Å². The van der Waals surface area contributed by atoms with Gasteiger partial charge in [0.2, 0.25) is 0 Å². The van der Waals surface area contributed by atoms with Gasteiger partial charge in [0, 0.05) is 34.0 Å². The van der Waals surface area contributed by atoms with Gasteiger partial charge in [-0.05, 0) is 87.5 Å². The minimum absolute atomic E-state index is 0.0761. The van der Waals surface area contributed by atoms with E-state index in [9.17, 15) is 32.8 Å². The lowest BCUT2D eigenvalue weighted by Gasteiger charge is -2.24. The molecular formula is C42H30F2N4O5. The highest BCUT2D eigenvalue weighted by molar-refractivity contribution is 6.22. The van der Waals surface area contributed by atoms with Crippen LogP contribution in [0.1, 0.15) is 102 Å². The zero-order valence-corrected chi connectivity index (χ0v) is 28.7. The molecule has 0 saturated heterocycles. The molecule has 0 N–H and O–H groups in total. The van der Waals surface area contributed by atoms with Crippen LogP contribution in [0.3, 0.4) is 0 Å². The lowest BCUT2D eigenvalue weighted by molar-refractivity contribution is 0.0579. The molecule has 4 heterocycles. The van der Waals surface area contributed by atoms with E-state index >= 15 is 0 Å². The number of hydrogen-bond acceptors (Lipinski definition) is 7. The molecule has 4 aromatic carbocycles. The summed E-state index contributed by atoms with van der Waals surface area (Å²) in [6.45, 7) is 5.33. The Morgan fingerprint density at radius 2 is 0.943 bits per heavy atom. The molecule has 9 nitrogen and oxygen atoms in total. The molecule has 2 atom stereocenters. The summed E-state index contributed by atoms with van der Waals surface area (Å²) in [6, 6.07) is 24.2. The summed E-state index contributed by atoms with van der Waals surface area (Å²) in [5, 5.41) is 1.37. The zero-order valence-electron chi connectivity index (χ0n) is 28.7. The van der Waals surface area contributed by atoms with E-state index in [0.717, 1.165) is 15.8 Å². The Balaban J connectivity index is 0.000000164. The Kier molecular flexibility index (Phi) is 9.00. The molecule has 262 valence electrons. The van der Waals surface area contributed by atoms with E-state index in [2.05, 4.69) is 9.97 Å². The number of aromatic nitrogens is 2. The van der Waals surface area contributed by atoms with Crippen molar-refractivity contribution in [2.24, 2.45) is 0 Å². The van der Waals surface area contributed by atoms with Crippen molar-refractivity contribution < 1.29 is 32.8 Å². The van der Waals surface area contributed by atoms with Gasteiger partial charge in [-0.2, -0.15) is 0 Å².